The Balaban J connectivity index is 1.55. The number of aryl methyl sites for hydroxylation is 1. The number of thiophene rings is 1. The SMILES string of the molecule is Cc1cccc(-c2noc(-c3sccc3NC(=O)c3ccc(N(C)C)cc3)n2)c1. The van der Waals surface area contributed by atoms with Gasteiger partial charge in [-0.05, 0) is 48.7 Å². The largest absolute Gasteiger partial charge is 0.378 e. The molecule has 1 N–H and O–H groups in total. The minimum Gasteiger partial charge on any atom is -0.378 e. The first-order valence-electron chi connectivity index (χ1n) is 9.08. The van der Waals surface area contributed by atoms with E-state index in [1.165, 1.54) is 11.3 Å². The Morgan fingerprint density at radius 3 is 2.62 bits per heavy atom. The van der Waals surface area contributed by atoms with Gasteiger partial charge in [0.2, 0.25) is 5.82 Å². The van der Waals surface area contributed by atoms with Crippen molar-refractivity contribution < 1.29 is 9.32 Å². The number of hydrogen-bond donors (Lipinski definition) is 1. The molecule has 0 fully saturated rings. The van der Waals surface area contributed by atoms with Crippen LogP contribution in [0.1, 0.15) is 15.9 Å². The first kappa shape index (κ1) is 18.9. The van der Waals surface area contributed by atoms with Gasteiger partial charge in [-0.25, -0.2) is 0 Å². The third kappa shape index (κ3) is 4.05. The molecular weight excluding hydrogens is 384 g/mol. The van der Waals surface area contributed by atoms with E-state index >= 15 is 0 Å². The summed E-state index contributed by atoms with van der Waals surface area (Å²) in [5.74, 6) is 0.719. The Hall–Kier alpha value is -3.45. The highest BCUT2D eigenvalue weighted by Crippen LogP contribution is 2.34. The van der Waals surface area contributed by atoms with Gasteiger partial charge in [-0.3, -0.25) is 4.79 Å². The molecule has 0 saturated carbocycles. The fourth-order valence-electron chi connectivity index (χ4n) is 2.90. The summed E-state index contributed by atoms with van der Waals surface area (Å²) in [6.07, 6.45) is 0. The highest BCUT2D eigenvalue weighted by atomic mass is 32.1. The molecule has 4 aromatic rings. The fraction of sp³-hybridized carbons (Fsp3) is 0.136. The first-order chi connectivity index (χ1) is 14.0. The molecule has 2 heterocycles. The van der Waals surface area contributed by atoms with Gasteiger partial charge in [-0.1, -0.05) is 28.9 Å². The zero-order valence-corrected chi connectivity index (χ0v) is 17.2. The summed E-state index contributed by atoms with van der Waals surface area (Å²) in [7, 11) is 3.92. The van der Waals surface area contributed by atoms with Crippen LogP contribution in [-0.2, 0) is 0 Å². The second kappa shape index (κ2) is 7.89. The lowest BCUT2D eigenvalue weighted by atomic mass is 10.1. The summed E-state index contributed by atoms with van der Waals surface area (Å²) in [5, 5.41) is 8.92. The van der Waals surface area contributed by atoms with Crippen molar-refractivity contribution in [1.82, 2.24) is 10.1 Å². The molecule has 4 rings (SSSR count). The maximum absolute atomic E-state index is 12.7. The Bertz CT molecular complexity index is 1150. The summed E-state index contributed by atoms with van der Waals surface area (Å²) >= 11 is 1.44. The molecule has 0 unspecified atom stereocenters. The van der Waals surface area contributed by atoms with Gasteiger partial charge in [0.25, 0.3) is 11.8 Å². The Morgan fingerprint density at radius 2 is 1.90 bits per heavy atom. The molecule has 6 nitrogen and oxygen atoms in total. The molecule has 29 heavy (non-hydrogen) atoms. The first-order valence-corrected chi connectivity index (χ1v) is 9.96. The van der Waals surface area contributed by atoms with Crippen LogP contribution in [0.5, 0.6) is 0 Å². The van der Waals surface area contributed by atoms with Gasteiger partial charge in [0.1, 0.15) is 4.88 Å². The average molecular weight is 404 g/mol. The quantitative estimate of drug-likeness (QED) is 0.501. The van der Waals surface area contributed by atoms with Crippen LogP contribution in [0.15, 0.2) is 64.5 Å². The number of carbonyl (C=O) groups excluding carboxylic acids is 1. The molecule has 0 aliphatic rings. The molecule has 0 radical (unpaired) electrons. The number of carbonyl (C=O) groups is 1. The number of rotatable bonds is 5. The number of aromatic nitrogens is 2. The maximum atomic E-state index is 12.7. The minimum atomic E-state index is -0.187. The van der Waals surface area contributed by atoms with E-state index in [2.05, 4.69) is 15.5 Å². The van der Waals surface area contributed by atoms with Crippen LogP contribution in [-0.4, -0.2) is 30.1 Å². The Morgan fingerprint density at radius 1 is 1.10 bits per heavy atom. The van der Waals surface area contributed by atoms with Crippen molar-refractivity contribution in [2.24, 2.45) is 0 Å². The highest BCUT2D eigenvalue weighted by Gasteiger charge is 2.18. The second-order valence-corrected chi connectivity index (χ2v) is 7.77. The van der Waals surface area contributed by atoms with Crippen molar-refractivity contribution in [2.75, 3.05) is 24.3 Å². The van der Waals surface area contributed by atoms with E-state index in [1.807, 2.05) is 73.8 Å². The van der Waals surface area contributed by atoms with E-state index in [-0.39, 0.29) is 5.91 Å². The lowest BCUT2D eigenvalue weighted by molar-refractivity contribution is 0.102. The van der Waals surface area contributed by atoms with E-state index < -0.39 is 0 Å². The zero-order chi connectivity index (χ0) is 20.4. The summed E-state index contributed by atoms with van der Waals surface area (Å²) in [6, 6.07) is 17.2. The molecule has 7 heteroatoms. The molecule has 0 saturated heterocycles. The molecule has 1 amide bonds. The fourth-order valence-corrected chi connectivity index (χ4v) is 3.67. The highest BCUT2D eigenvalue weighted by molar-refractivity contribution is 7.14. The lowest BCUT2D eigenvalue weighted by Crippen LogP contribution is -2.13. The lowest BCUT2D eigenvalue weighted by Gasteiger charge is -2.12. The van der Waals surface area contributed by atoms with Gasteiger partial charge in [0, 0.05) is 30.9 Å². The number of hydrogen-bond acceptors (Lipinski definition) is 6. The van der Waals surface area contributed by atoms with Crippen molar-refractivity contribution in [3.05, 3.63) is 71.1 Å². The number of nitrogens with zero attached hydrogens (tertiary/aromatic N) is 3. The van der Waals surface area contributed by atoms with E-state index in [0.717, 1.165) is 21.7 Å². The summed E-state index contributed by atoms with van der Waals surface area (Å²) in [5.41, 5.74) is 4.28. The van der Waals surface area contributed by atoms with Gasteiger partial charge in [0.05, 0.1) is 5.69 Å². The smallest absolute Gasteiger partial charge is 0.270 e. The van der Waals surface area contributed by atoms with Crippen LogP contribution >= 0.6 is 11.3 Å². The summed E-state index contributed by atoms with van der Waals surface area (Å²) < 4.78 is 5.47. The molecule has 0 aliphatic heterocycles. The molecule has 2 aromatic carbocycles. The molecule has 146 valence electrons. The second-order valence-electron chi connectivity index (χ2n) is 6.85. The normalized spacial score (nSPS) is 10.7. The monoisotopic (exact) mass is 404 g/mol. The molecule has 2 aromatic heterocycles. The van der Waals surface area contributed by atoms with Crippen LogP contribution in [0, 0.1) is 6.92 Å². The standard InChI is InChI=1S/C22H20N4O2S/c1-14-5-4-6-16(13-14)20-24-22(28-25-20)19-18(11-12-29-19)23-21(27)15-7-9-17(10-8-15)26(2)3/h4-13H,1-3H3,(H,23,27). The van der Waals surface area contributed by atoms with Crippen LogP contribution in [0.4, 0.5) is 11.4 Å². The summed E-state index contributed by atoms with van der Waals surface area (Å²) in [4.78, 5) is 19.9. The molecule has 0 aliphatic carbocycles. The number of nitrogens with one attached hydrogen (secondary N) is 1. The van der Waals surface area contributed by atoms with Crippen LogP contribution < -0.4 is 10.2 Å². The number of benzene rings is 2. The predicted octanol–water partition coefficient (Wildman–Crippen LogP) is 5.09. The number of amides is 1. The molecular formula is C22H20N4O2S. The van der Waals surface area contributed by atoms with E-state index in [4.69, 9.17) is 4.52 Å². The predicted molar refractivity (Wildman–Crippen MR) is 117 cm³/mol. The van der Waals surface area contributed by atoms with E-state index in [1.54, 1.807) is 12.1 Å². The number of anilines is 2. The van der Waals surface area contributed by atoms with Crippen LogP contribution in [0.3, 0.4) is 0 Å². The van der Waals surface area contributed by atoms with E-state index in [9.17, 15) is 4.79 Å². The van der Waals surface area contributed by atoms with Crippen molar-refractivity contribution >= 4 is 28.6 Å². The third-order valence-corrected chi connectivity index (χ3v) is 5.36. The van der Waals surface area contributed by atoms with Gasteiger partial charge < -0.3 is 14.7 Å². The van der Waals surface area contributed by atoms with Crippen LogP contribution in [0.25, 0.3) is 22.2 Å². The third-order valence-electron chi connectivity index (χ3n) is 4.46. The molecule has 0 atom stereocenters. The van der Waals surface area contributed by atoms with E-state index in [0.29, 0.717) is 23.0 Å². The van der Waals surface area contributed by atoms with Gasteiger partial charge in [-0.15, -0.1) is 11.3 Å². The summed E-state index contributed by atoms with van der Waals surface area (Å²) in [6.45, 7) is 2.02. The maximum Gasteiger partial charge on any atom is 0.270 e. The average Bonchev–Trinajstić information content (AvgIpc) is 3.37. The molecule has 0 bridgehead atoms. The Labute approximate surface area is 172 Å². The Kier molecular flexibility index (Phi) is 5.14. The van der Waals surface area contributed by atoms with Gasteiger partial charge in [-0.2, -0.15) is 4.98 Å². The topological polar surface area (TPSA) is 71.3 Å². The van der Waals surface area contributed by atoms with Crippen molar-refractivity contribution in [1.29, 1.82) is 0 Å². The zero-order valence-electron chi connectivity index (χ0n) is 16.3. The van der Waals surface area contributed by atoms with Gasteiger partial charge in [0.15, 0.2) is 0 Å². The van der Waals surface area contributed by atoms with Crippen molar-refractivity contribution in [2.45, 2.75) is 6.92 Å². The van der Waals surface area contributed by atoms with Crippen LogP contribution in [0.2, 0.25) is 0 Å². The minimum absolute atomic E-state index is 0.187. The molecule has 0 spiro atoms. The van der Waals surface area contributed by atoms with Gasteiger partial charge >= 0.3 is 0 Å². The van der Waals surface area contributed by atoms with Crippen molar-refractivity contribution in [3.8, 4) is 22.2 Å². The van der Waals surface area contributed by atoms with Crippen molar-refractivity contribution in [3.63, 3.8) is 0 Å².